The number of nitrogens with zero attached hydrogens (tertiary/aromatic N) is 1. The molecule has 1 aromatic rings. The molecule has 0 aromatic heterocycles. The number of benzene rings is 1. The van der Waals surface area contributed by atoms with Gasteiger partial charge >= 0.3 is 0 Å². The molecule has 1 fully saturated rings. The smallest absolute Gasteiger partial charge is 0.251 e. The van der Waals surface area contributed by atoms with Gasteiger partial charge in [0.2, 0.25) is 5.91 Å². The van der Waals surface area contributed by atoms with Crippen molar-refractivity contribution in [3.8, 4) is 0 Å². The Hall–Kier alpha value is -1.95. The fraction of sp³-hybridized carbons (Fsp3) is 0.500. The second-order valence-corrected chi connectivity index (χ2v) is 5.51. The van der Waals surface area contributed by atoms with E-state index in [1.807, 2.05) is 11.8 Å². The van der Waals surface area contributed by atoms with Gasteiger partial charge in [-0.2, -0.15) is 0 Å². The molecular weight excluding hydrogens is 285 g/mol. The molecule has 22 heavy (non-hydrogen) atoms. The van der Waals surface area contributed by atoms with Gasteiger partial charge in [0, 0.05) is 44.2 Å². The van der Waals surface area contributed by atoms with Gasteiger partial charge in [-0.05, 0) is 37.6 Å². The molecule has 0 spiro atoms. The number of halogens is 1. The molecule has 0 saturated carbocycles. The average Bonchev–Trinajstić information content (AvgIpc) is 2.52. The van der Waals surface area contributed by atoms with Crippen LogP contribution in [0, 0.1) is 5.82 Å². The van der Waals surface area contributed by atoms with E-state index in [0.717, 1.165) is 19.6 Å². The first-order valence-electron chi connectivity index (χ1n) is 7.62. The van der Waals surface area contributed by atoms with Crippen LogP contribution in [0.4, 0.5) is 4.39 Å². The van der Waals surface area contributed by atoms with Crippen LogP contribution in [-0.4, -0.2) is 48.9 Å². The van der Waals surface area contributed by atoms with Gasteiger partial charge < -0.3 is 15.5 Å². The molecule has 1 aliphatic heterocycles. The van der Waals surface area contributed by atoms with Crippen molar-refractivity contribution in [2.24, 2.45) is 0 Å². The molecule has 0 aliphatic carbocycles. The number of rotatable bonds is 5. The van der Waals surface area contributed by atoms with Crippen LogP contribution < -0.4 is 10.6 Å². The molecule has 1 atom stereocenters. The zero-order valence-electron chi connectivity index (χ0n) is 12.8. The maximum Gasteiger partial charge on any atom is 0.251 e. The van der Waals surface area contributed by atoms with Crippen molar-refractivity contribution >= 4 is 11.8 Å². The fourth-order valence-electron chi connectivity index (χ4n) is 2.50. The number of amides is 2. The summed E-state index contributed by atoms with van der Waals surface area (Å²) in [6.07, 6.45) is 1.02. The highest BCUT2D eigenvalue weighted by atomic mass is 19.1. The van der Waals surface area contributed by atoms with E-state index in [9.17, 15) is 14.0 Å². The number of hydrogen-bond acceptors (Lipinski definition) is 3. The third-order valence-electron chi connectivity index (χ3n) is 3.78. The van der Waals surface area contributed by atoms with Crippen LogP contribution in [0.3, 0.4) is 0 Å². The first kappa shape index (κ1) is 16.4. The van der Waals surface area contributed by atoms with Gasteiger partial charge in [-0.3, -0.25) is 9.59 Å². The van der Waals surface area contributed by atoms with Gasteiger partial charge in [-0.25, -0.2) is 4.39 Å². The zero-order chi connectivity index (χ0) is 15.9. The molecule has 0 bridgehead atoms. The molecule has 1 heterocycles. The Morgan fingerprint density at radius 1 is 1.36 bits per heavy atom. The van der Waals surface area contributed by atoms with Gasteiger partial charge in [0.1, 0.15) is 5.82 Å². The van der Waals surface area contributed by atoms with Crippen molar-refractivity contribution in [2.45, 2.75) is 25.8 Å². The summed E-state index contributed by atoms with van der Waals surface area (Å²) in [7, 11) is 0. The van der Waals surface area contributed by atoms with Crippen molar-refractivity contribution < 1.29 is 14.0 Å². The van der Waals surface area contributed by atoms with Crippen molar-refractivity contribution in [3.05, 3.63) is 35.6 Å². The van der Waals surface area contributed by atoms with Gasteiger partial charge in [0.25, 0.3) is 5.91 Å². The lowest BCUT2D eigenvalue weighted by Gasteiger charge is -2.34. The van der Waals surface area contributed by atoms with E-state index in [4.69, 9.17) is 0 Å². The largest absolute Gasteiger partial charge is 0.352 e. The van der Waals surface area contributed by atoms with Gasteiger partial charge in [0.05, 0.1) is 0 Å². The van der Waals surface area contributed by atoms with Crippen LogP contribution >= 0.6 is 0 Å². The minimum atomic E-state index is -0.368. The summed E-state index contributed by atoms with van der Waals surface area (Å²) >= 11 is 0. The van der Waals surface area contributed by atoms with E-state index in [1.165, 1.54) is 24.3 Å². The molecule has 1 aromatic carbocycles. The Morgan fingerprint density at radius 3 is 2.77 bits per heavy atom. The van der Waals surface area contributed by atoms with Crippen LogP contribution in [0.2, 0.25) is 0 Å². The molecular formula is C16H22FN3O2. The molecule has 1 unspecified atom stereocenters. The summed E-state index contributed by atoms with van der Waals surface area (Å²) in [5.74, 6) is -0.486. The van der Waals surface area contributed by atoms with Crippen LogP contribution in [0.5, 0.6) is 0 Å². The minimum Gasteiger partial charge on any atom is -0.352 e. The number of nitrogens with one attached hydrogen (secondary N) is 2. The Kier molecular flexibility index (Phi) is 5.89. The quantitative estimate of drug-likeness (QED) is 0.803. The van der Waals surface area contributed by atoms with E-state index < -0.39 is 0 Å². The van der Waals surface area contributed by atoms with Crippen molar-refractivity contribution in [1.82, 2.24) is 15.5 Å². The van der Waals surface area contributed by atoms with E-state index >= 15 is 0 Å². The van der Waals surface area contributed by atoms with Crippen LogP contribution in [0.25, 0.3) is 0 Å². The van der Waals surface area contributed by atoms with E-state index in [0.29, 0.717) is 24.9 Å². The summed E-state index contributed by atoms with van der Waals surface area (Å²) in [5.41, 5.74) is 0.420. The highest BCUT2D eigenvalue weighted by molar-refractivity contribution is 5.94. The number of hydrogen-bond donors (Lipinski definition) is 2. The predicted octanol–water partition coefficient (Wildman–Crippen LogP) is 1.16. The monoisotopic (exact) mass is 307 g/mol. The van der Waals surface area contributed by atoms with Gasteiger partial charge in [-0.15, -0.1) is 0 Å². The summed E-state index contributed by atoms with van der Waals surface area (Å²) in [5, 5.41) is 5.99. The molecule has 2 N–H and O–H groups in total. The maximum absolute atomic E-state index is 12.8. The normalized spacial score (nSPS) is 18.1. The first-order chi connectivity index (χ1) is 10.6. The van der Waals surface area contributed by atoms with Gasteiger partial charge in [0.15, 0.2) is 0 Å². The average molecular weight is 307 g/mol. The Morgan fingerprint density at radius 2 is 2.09 bits per heavy atom. The van der Waals surface area contributed by atoms with E-state index in [-0.39, 0.29) is 23.7 Å². The van der Waals surface area contributed by atoms with Crippen LogP contribution in [0.15, 0.2) is 24.3 Å². The molecule has 6 heteroatoms. The fourth-order valence-corrected chi connectivity index (χ4v) is 2.50. The summed E-state index contributed by atoms with van der Waals surface area (Å²) in [6.45, 7) is 4.86. The lowest BCUT2D eigenvalue weighted by Crippen LogP contribution is -2.52. The van der Waals surface area contributed by atoms with E-state index in [1.54, 1.807) is 0 Å². The molecule has 5 nitrogen and oxygen atoms in total. The summed E-state index contributed by atoms with van der Waals surface area (Å²) in [4.78, 5) is 25.8. The SMILES string of the molecule is CC1CNCCN1C(=O)CCCNC(=O)c1ccc(F)cc1. The molecule has 2 rings (SSSR count). The lowest BCUT2D eigenvalue weighted by atomic mass is 10.1. The Bertz CT molecular complexity index is 519. The first-order valence-corrected chi connectivity index (χ1v) is 7.62. The lowest BCUT2D eigenvalue weighted by molar-refractivity contribution is -0.134. The number of carbonyl (C=O) groups is 2. The molecule has 1 aliphatic rings. The van der Waals surface area contributed by atoms with Gasteiger partial charge in [-0.1, -0.05) is 0 Å². The van der Waals surface area contributed by atoms with Crippen LogP contribution in [-0.2, 0) is 4.79 Å². The standard InChI is InChI=1S/C16H22FN3O2/c1-12-11-18-9-10-20(12)15(21)3-2-8-19-16(22)13-4-6-14(17)7-5-13/h4-7,12,18H,2-3,8-11H2,1H3,(H,19,22). The van der Waals surface area contributed by atoms with Crippen molar-refractivity contribution in [3.63, 3.8) is 0 Å². The second-order valence-electron chi connectivity index (χ2n) is 5.51. The summed E-state index contributed by atoms with van der Waals surface area (Å²) < 4.78 is 12.8. The topological polar surface area (TPSA) is 61.4 Å². The Balaban J connectivity index is 1.69. The van der Waals surface area contributed by atoms with Crippen molar-refractivity contribution in [1.29, 1.82) is 0 Å². The molecule has 120 valence electrons. The molecule has 0 radical (unpaired) electrons. The predicted molar refractivity (Wildman–Crippen MR) is 82.0 cm³/mol. The Labute approximate surface area is 129 Å². The third-order valence-corrected chi connectivity index (χ3v) is 3.78. The highest BCUT2D eigenvalue weighted by Gasteiger charge is 2.22. The van der Waals surface area contributed by atoms with Crippen molar-refractivity contribution in [2.75, 3.05) is 26.2 Å². The van der Waals surface area contributed by atoms with E-state index in [2.05, 4.69) is 10.6 Å². The van der Waals surface area contributed by atoms with Crippen LogP contribution in [0.1, 0.15) is 30.1 Å². The zero-order valence-corrected chi connectivity index (χ0v) is 12.8. The molecule has 2 amide bonds. The number of piperazine rings is 1. The summed E-state index contributed by atoms with van der Waals surface area (Å²) in [6, 6.07) is 5.61. The second kappa shape index (κ2) is 7.89. The third kappa shape index (κ3) is 4.53. The molecule has 1 saturated heterocycles. The minimum absolute atomic E-state index is 0.130. The highest BCUT2D eigenvalue weighted by Crippen LogP contribution is 2.06. The number of carbonyl (C=O) groups excluding carboxylic acids is 2. The maximum atomic E-state index is 12.8.